The number of nitrogens with one attached hydrogen (secondary N) is 1. The molecule has 1 aliphatic rings. The van der Waals surface area contributed by atoms with Crippen LogP contribution in [0.5, 0.6) is 0 Å². The first-order chi connectivity index (χ1) is 10.1. The molecule has 1 N–H and O–H groups in total. The molecule has 1 amide bonds. The first-order valence-electron chi connectivity index (χ1n) is 7.32. The van der Waals surface area contributed by atoms with Crippen LogP contribution < -0.4 is 10.9 Å². The van der Waals surface area contributed by atoms with Gasteiger partial charge in [0.25, 0.3) is 5.56 Å². The number of carbonyl (C=O) groups is 1. The number of amides is 1. The van der Waals surface area contributed by atoms with Crippen molar-refractivity contribution >= 4 is 16.7 Å². The Labute approximate surface area is 123 Å². The predicted molar refractivity (Wildman–Crippen MR) is 81.1 cm³/mol. The number of aromatic nitrogens is 2. The van der Waals surface area contributed by atoms with E-state index in [2.05, 4.69) is 10.4 Å². The molecule has 0 spiro atoms. The quantitative estimate of drug-likeness (QED) is 0.928. The summed E-state index contributed by atoms with van der Waals surface area (Å²) in [5, 5.41) is 8.64. The van der Waals surface area contributed by atoms with Gasteiger partial charge in [0, 0.05) is 11.4 Å². The van der Waals surface area contributed by atoms with Crippen LogP contribution in [0.25, 0.3) is 10.8 Å². The minimum atomic E-state index is -0.217. The molecule has 1 aromatic carbocycles. The maximum atomic E-state index is 12.4. The number of benzene rings is 1. The summed E-state index contributed by atoms with van der Waals surface area (Å²) < 4.78 is 1.26. The lowest BCUT2D eigenvalue weighted by atomic mass is 10.1. The van der Waals surface area contributed by atoms with Crippen molar-refractivity contribution < 1.29 is 4.79 Å². The van der Waals surface area contributed by atoms with Crippen LogP contribution in [0.2, 0.25) is 0 Å². The van der Waals surface area contributed by atoms with Gasteiger partial charge in [-0.25, -0.2) is 4.68 Å². The van der Waals surface area contributed by atoms with E-state index in [-0.39, 0.29) is 24.1 Å². The Morgan fingerprint density at radius 1 is 1.38 bits per heavy atom. The Kier molecular flexibility index (Phi) is 3.49. The third kappa shape index (κ3) is 2.82. The van der Waals surface area contributed by atoms with E-state index in [1.165, 1.54) is 17.5 Å². The van der Waals surface area contributed by atoms with Crippen LogP contribution in [0.15, 0.2) is 29.1 Å². The van der Waals surface area contributed by atoms with Crippen LogP contribution in [0, 0.1) is 12.8 Å². The van der Waals surface area contributed by atoms with E-state index >= 15 is 0 Å². The van der Waals surface area contributed by atoms with Gasteiger partial charge >= 0.3 is 0 Å². The summed E-state index contributed by atoms with van der Waals surface area (Å²) in [4.78, 5) is 24.4. The molecule has 0 saturated heterocycles. The summed E-state index contributed by atoms with van der Waals surface area (Å²) in [5.74, 6) is 0.440. The van der Waals surface area contributed by atoms with Crippen LogP contribution in [0.1, 0.15) is 25.5 Å². The summed E-state index contributed by atoms with van der Waals surface area (Å²) in [6.07, 6.45) is 2.35. The van der Waals surface area contributed by atoms with Crippen molar-refractivity contribution in [3.8, 4) is 0 Å². The van der Waals surface area contributed by atoms with Crippen LogP contribution in [-0.4, -0.2) is 21.7 Å². The minimum Gasteiger partial charge on any atom is -0.352 e. The fraction of sp³-hybridized carbons (Fsp3) is 0.438. The molecule has 0 aliphatic heterocycles. The largest absolute Gasteiger partial charge is 0.352 e. The molecule has 5 heteroatoms. The molecule has 1 atom stereocenters. The van der Waals surface area contributed by atoms with Gasteiger partial charge in [0.1, 0.15) is 6.54 Å². The van der Waals surface area contributed by atoms with E-state index in [1.807, 2.05) is 32.0 Å². The monoisotopic (exact) mass is 285 g/mol. The van der Waals surface area contributed by atoms with Crippen molar-refractivity contribution in [3.05, 3.63) is 40.3 Å². The molecule has 1 aliphatic carbocycles. The molecular formula is C16H19N3O2. The SMILES string of the molecule is Cc1nn(CC(=O)NC(C)C2CC2)c(=O)c2ccccc12. The maximum absolute atomic E-state index is 12.4. The minimum absolute atomic E-state index is 0.0262. The van der Waals surface area contributed by atoms with Crippen LogP contribution >= 0.6 is 0 Å². The summed E-state index contributed by atoms with van der Waals surface area (Å²) in [6.45, 7) is 3.84. The van der Waals surface area contributed by atoms with Gasteiger partial charge in [0.15, 0.2) is 0 Å². The lowest BCUT2D eigenvalue weighted by Gasteiger charge is -2.13. The number of hydrogen-bond donors (Lipinski definition) is 1. The molecule has 0 bridgehead atoms. The number of nitrogens with zero attached hydrogens (tertiary/aromatic N) is 2. The smallest absolute Gasteiger partial charge is 0.275 e. The third-order valence-electron chi connectivity index (χ3n) is 4.06. The van der Waals surface area contributed by atoms with Gasteiger partial charge in [-0.05, 0) is 38.7 Å². The van der Waals surface area contributed by atoms with Crippen molar-refractivity contribution in [2.75, 3.05) is 0 Å². The molecule has 1 heterocycles. The maximum Gasteiger partial charge on any atom is 0.275 e. The number of fused-ring (bicyclic) bond motifs is 1. The standard InChI is InChI=1S/C16H19N3O2/c1-10(12-7-8-12)17-15(20)9-19-16(21)14-6-4-3-5-13(14)11(2)18-19/h3-6,10,12H,7-9H2,1-2H3,(H,17,20). The van der Waals surface area contributed by atoms with Gasteiger partial charge in [-0.3, -0.25) is 9.59 Å². The average Bonchev–Trinajstić information content (AvgIpc) is 3.29. The molecule has 1 unspecified atom stereocenters. The van der Waals surface area contributed by atoms with E-state index in [4.69, 9.17) is 0 Å². The molecule has 0 radical (unpaired) electrons. The number of carbonyl (C=O) groups excluding carboxylic acids is 1. The fourth-order valence-corrected chi connectivity index (χ4v) is 2.66. The van der Waals surface area contributed by atoms with E-state index in [0.29, 0.717) is 11.3 Å². The summed E-state index contributed by atoms with van der Waals surface area (Å²) in [7, 11) is 0. The summed E-state index contributed by atoms with van der Waals surface area (Å²) in [5.41, 5.74) is 0.540. The molecule has 21 heavy (non-hydrogen) atoms. The van der Waals surface area contributed by atoms with Crippen LogP contribution in [-0.2, 0) is 11.3 Å². The van der Waals surface area contributed by atoms with Crippen LogP contribution in [0.4, 0.5) is 0 Å². The highest BCUT2D eigenvalue weighted by molar-refractivity contribution is 5.83. The Hall–Kier alpha value is -2.17. The van der Waals surface area contributed by atoms with E-state index in [9.17, 15) is 9.59 Å². The van der Waals surface area contributed by atoms with Gasteiger partial charge in [0.05, 0.1) is 11.1 Å². The van der Waals surface area contributed by atoms with Crippen molar-refractivity contribution in [1.29, 1.82) is 0 Å². The molecule has 1 aromatic heterocycles. The average molecular weight is 285 g/mol. The number of aryl methyl sites for hydroxylation is 1. The first kappa shape index (κ1) is 13.8. The van der Waals surface area contributed by atoms with Gasteiger partial charge in [-0.15, -0.1) is 0 Å². The highest BCUT2D eigenvalue weighted by Crippen LogP contribution is 2.32. The van der Waals surface area contributed by atoms with Crippen LogP contribution in [0.3, 0.4) is 0 Å². The molecule has 110 valence electrons. The van der Waals surface area contributed by atoms with E-state index in [0.717, 1.165) is 11.1 Å². The van der Waals surface area contributed by atoms with E-state index in [1.54, 1.807) is 6.07 Å². The normalized spacial score (nSPS) is 15.9. The zero-order valence-corrected chi connectivity index (χ0v) is 12.3. The molecule has 1 fully saturated rings. The van der Waals surface area contributed by atoms with Crippen molar-refractivity contribution in [2.45, 2.75) is 39.3 Å². The Morgan fingerprint density at radius 2 is 2.05 bits per heavy atom. The predicted octanol–water partition coefficient (Wildman–Crippen LogP) is 1.62. The second kappa shape index (κ2) is 5.31. The molecule has 5 nitrogen and oxygen atoms in total. The number of rotatable bonds is 4. The lowest BCUT2D eigenvalue weighted by molar-refractivity contribution is -0.122. The molecule has 2 aromatic rings. The lowest BCUT2D eigenvalue weighted by Crippen LogP contribution is -2.39. The highest BCUT2D eigenvalue weighted by Gasteiger charge is 2.28. The topological polar surface area (TPSA) is 64.0 Å². The number of hydrogen-bond acceptors (Lipinski definition) is 3. The molecule has 1 saturated carbocycles. The second-order valence-electron chi connectivity index (χ2n) is 5.79. The second-order valence-corrected chi connectivity index (χ2v) is 5.79. The van der Waals surface area contributed by atoms with Crippen molar-refractivity contribution in [2.24, 2.45) is 5.92 Å². The Bertz CT molecular complexity index is 747. The Morgan fingerprint density at radius 3 is 2.71 bits per heavy atom. The van der Waals surface area contributed by atoms with Gasteiger partial charge in [0.2, 0.25) is 5.91 Å². The van der Waals surface area contributed by atoms with Crippen molar-refractivity contribution in [1.82, 2.24) is 15.1 Å². The third-order valence-corrected chi connectivity index (χ3v) is 4.06. The Balaban J connectivity index is 1.85. The zero-order chi connectivity index (χ0) is 15.0. The van der Waals surface area contributed by atoms with Gasteiger partial charge in [-0.1, -0.05) is 18.2 Å². The summed E-state index contributed by atoms with van der Waals surface area (Å²) in [6, 6.07) is 7.52. The van der Waals surface area contributed by atoms with Crippen molar-refractivity contribution in [3.63, 3.8) is 0 Å². The fourth-order valence-electron chi connectivity index (χ4n) is 2.66. The summed E-state index contributed by atoms with van der Waals surface area (Å²) >= 11 is 0. The highest BCUT2D eigenvalue weighted by atomic mass is 16.2. The zero-order valence-electron chi connectivity index (χ0n) is 12.3. The molecule has 3 rings (SSSR count). The van der Waals surface area contributed by atoms with Gasteiger partial charge < -0.3 is 5.32 Å². The first-order valence-corrected chi connectivity index (χ1v) is 7.32. The van der Waals surface area contributed by atoms with E-state index < -0.39 is 0 Å². The van der Waals surface area contributed by atoms with Gasteiger partial charge in [-0.2, -0.15) is 5.10 Å². The molecular weight excluding hydrogens is 266 g/mol.